The van der Waals surface area contributed by atoms with Gasteiger partial charge in [0, 0.05) is 39.1 Å². The van der Waals surface area contributed by atoms with E-state index in [-0.39, 0.29) is 36.7 Å². The van der Waals surface area contributed by atoms with E-state index in [1.807, 2.05) is 0 Å². The Bertz CT molecular complexity index is 436. The van der Waals surface area contributed by atoms with Crippen molar-refractivity contribution in [1.29, 1.82) is 0 Å². The fraction of sp³-hybridized carbons (Fsp3) is 0.800. The van der Waals surface area contributed by atoms with Gasteiger partial charge in [0.05, 0.1) is 5.92 Å². The van der Waals surface area contributed by atoms with E-state index in [2.05, 4.69) is 5.32 Å². The predicted molar refractivity (Wildman–Crippen MR) is 78.1 cm³/mol. The van der Waals surface area contributed by atoms with E-state index in [1.165, 1.54) is 7.11 Å². The summed E-state index contributed by atoms with van der Waals surface area (Å²) in [6, 6.07) is -0.943. The largest absolute Gasteiger partial charge is 0.480 e. The number of aliphatic carboxylic acids is 1. The van der Waals surface area contributed by atoms with E-state index >= 15 is 0 Å². The number of amides is 2. The van der Waals surface area contributed by atoms with E-state index in [9.17, 15) is 14.4 Å². The molecule has 2 atom stereocenters. The Balaban J connectivity index is 1.87. The highest BCUT2D eigenvalue weighted by Gasteiger charge is 2.37. The second-order valence-corrected chi connectivity index (χ2v) is 6.08. The van der Waals surface area contributed by atoms with E-state index in [0.29, 0.717) is 19.5 Å². The van der Waals surface area contributed by atoms with Gasteiger partial charge in [0.15, 0.2) is 0 Å². The maximum atomic E-state index is 12.3. The van der Waals surface area contributed by atoms with Gasteiger partial charge in [0.25, 0.3) is 0 Å². The van der Waals surface area contributed by atoms with Gasteiger partial charge < -0.3 is 20.1 Å². The molecular formula is C15H24N2O5. The maximum Gasteiger partial charge on any atom is 0.326 e. The lowest BCUT2D eigenvalue weighted by atomic mass is 9.96. The van der Waals surface area contributed by atoms with Crippen LogP contribution in [0.3, 0.4) is 0 Å². The summed E-state index contributed by atoms with van der Waals surface area (Å²) in [4.78, 5) is 37.3. The first-order valence-electron chi connectivity index (χ1n) is 7.83. The molecule has 0 bridgehead atoms. The van der Waals surface area contributed by atoms with Gasteiger partial charge in [-0.1, -0.05) is 0 Å². The lowest BCUT2D eigenvalue weighted by molar-refractivity contribution is -0.144. The Morgan fingerprint density at radius 2 is 2.00 bits per heavy atom. The van der Waals surface area contributed by atoms with Crippen molar-refractivity contribution in [3.8, 4) is 0 Å². The molecule has 0 aromatic rings. The zero-order chi connectivity index (χ0) is 16.1. The third-order valence-corrected chi connectivity index (χ3v) is 4.26. The lowest BCUT2D eigenvalue weighted by Crippen LogP contribution is -2.49. The molecule has 1 heterocycles. The molecule has 22 heavy (non-hydrogen) atoms. The summed E-state index contributed by atoms with van der Waals surface area (Å²) in [5, 5.41) is 11.7. The van der Waals surface area contributed by atoms with Crippen LogP contribution in [-0.4, -0.2) is 60.6 Å². The minimum Gasteiger partial charge on any atom is -0.480 e. The highest BCUT2D eigenvalue weighted by atomic mass is 16.5. The number of carbonyl (C=O) groups is 3. The first-order chi connectivity index (χ1) is 10.5. The van der Waals surface area contributed by atoms with Crippen LogP contribution in [-0.2, 0) is 19.1 Å². The summed E-state index contributed by atoms with van der Waals surface area (Å²) in [7, 11) is 1.49. The third kappa shape index (κ3) is 4.43. The van der Waals surface area contributed by atoms with Crippen molar-refractivity contribution in [3.05, 3.63) is 0 Å². The smallest absolute Gasteiger partial charge is 0.326 e. The molecule has 2 rings (SSSR count). The second-order valence-electron chi connectivity index (χ2n) is 6.08. The van der Waals surface area contributed by atoms with E-state index in [1.54, 1.807) is 4.90 Å². The predicted octanol–water partition coefficient (Wildman–Crippen LogP) is 0.241. The molecule has 124 valence electrons. The lowest BCUT2D eigenvalue weighted by Gasteiger charge is -2.32. The van der Waals surface area contributed by atoms with Gasteiger partial charge in [-0.25, -0.2) is 4.79 Å². The van der Waals surface area contributed by atoms with Gasteiger partial charge in [-0.15, -0.1) is 0 Å². The van der Waals surface area contributed by atoms with Crippen LogP contribution in [0.15, 0.2) is 0 Å². The molecule has 1 aliphatic carbocycles. The van der Waals surface area contributed by atoms with Crippen molar-refractivity contribution >= 4 is 17.8 Å². The van der Waals surface area contributed by atoms with Crippen molar-refractivity contribution < 1.29 is 24.2 Å². The Kier molecular flexibility index (Phi) is 5.76. The number of carbonyl (C=O) groups excluding carboxylic acids is 2. The van der Waals surface area contributed by atoms with Crippen LogP contribution in [0.1, 0.15) is 32.1 Å². The summed E-state index contributed by atoms with van der Waals surface area (Å²) in [6.45, 7) is 1.37. The number of carboxylic acid groups (broad SMARTS) is 1. The van der Waals surface area contributed by atoms with Crippen LogP contribution in [0.2, 0.25) is 0 Å². The van der Waals surface area contributed by atoms with Crippen LogP contribution >= 0.6 is 0 Å². The molecule has 2 amide bonds. The van der Waals surface area contributed by atoms with Crippen LogP contribution in [0.25, 0.3) is 0 Å². The fourth-order valence-corrected chi connectivity index (χ4v) is 2.76. The van der Waals surface area contributed by atoms with Crippen LogP contribution < -0.4 is 5.32 Å². The number of likely N-dealkylation sites (tertiary alicyclic amines) is 1. The number of rotatable bonds is 7. The molecular weight excluding hydrogens is 288 g/mol. The van der Waals surface area contributed by atoms with Crippen molar-refractivity contribution in [1.82, 2.24) is 10.2 Å². The van der Waals surface area contributed by atoms with Gasteiger partial charge >= 0.3 is 5.97 Å². The highest BCUT2D eigenvalue weighted by Crippen LogP contribution is 2.32. The first kappa shape index (κ1) is 16.7. The average Bonchev–Trinajstić information content (AvgIpc) is 3.35. The number of piperidine rings is 1. The van der Waals surface area contributed by atoms with Crippen molar-refractivity contribution in [2.24, 2.45) is 11.8 Å². The number of methoxy groups -OCH3 is 1. The molecule has 7 heteroatoms. The zero-order valence-electron chi connectivity index (χ0n) is 12.9. The molecule has 2 fully saturated rings. The molecule has 1 saturated heterocycles. The standard InChI is InChI=1S/C15H24N2O5/c1-22-8-6-12(15(20)21)16-13(18)11-3-2-7-17(9-11)14(19)10-4-5-10/h10-12H,2-9H2,1H3,(H,16,18)(H,20,21). The summed E-state index contributed by atoms with van der Waals surface area (Å²) in [6.07, 6.45) is 3.60. The molecule has 2 unspecified atom stereocenters. The monoisotopic (exact) mass is 312 g/mol. The molecule has 2 aliphatic rings. The average molecular weight is 312 g/mol. The third-order valence-electron chi connectivity index (χ3n) is 4.26. The summed E-state index contributed by atoms with van der Waals surface area (Å²) >= 11 is 0. The number of carboxylic acids is 1. The molecule has 0 spiro atoms. The van der Waals surface area contributed by atoms with Crippen LogP contribution in [0.5, 0.6) is 0 Å². The number of nitrogens with zero attached hydrogens (tertiary/aromatic N) is 1. The van der Waals surface area contributed by atoms with Gasteiger partial charge in [-0.2, -0.15) is 0 Å². The molecule has 0 radical (unpaired) electrons. The van der Waals surface area contributed by atoms with Gasteiger partial charge in [-0.3, -0.25) is 9.59 Å². The molecule has 0 aromatic heterocycles. The molecule has 0 aromatic carbocycles. The Morgan fingerprint density at radius 3 is 2.59 bits per heavy atom. The van der Waals surface area contributed by atoms with Crippen LogP contribution in [0.4, 0.5) is 0 Å². The topological polar surface area (TPSA) is 95.9 Å². The van der Waals surface area contributed by atoms with E-state index in [0.717, 1.165) is 19.3 Å². The summed E-state index contributed by atoms with van der Waals surface area (Å²) in [5.74, 6) is -1.37. The first-order valence-corrected chi connectivity index (χ1v) is 7.83. The van der Waals surface area contributed by atoms with Crippen molar-refractivity contribution in [2.45, 2.75) is 38.1 Å². The highest BCUT2D eigenvalue weighted by molar-refractivity contribution is 5.86. The molecule has 7 nitrogen and oxygen atoms in total. The van der Waals surface area contributed by atoms with E-state index < -0.39 is 12.0 Å². The number of nitrogens with one attached hydrogen (secondary N) is 1. The normalized spacial score (nSPS) is 23.0. The molecule has 2 N–H and O–H groups in total. The summed E-state index contributed by atoms with van der Waals surface area (Å²) in [5.41, 5.74) is 0. The minimum atomic E-state index is -1.06. The zero-order valence-corrected chi connectivity index (χ0v) is 12.9. The SMILES string of the molecule is COCCC(NC(=O)C1CCCN(C(=O)C2CC2)C1)C(=O)O. The Labute approximate surface area is 130 Å². The number of hydrogen-bond acceptors (Lipinski definition) is 4. The van der Waals surface area contributed by atoms with Gasteiger partial charge in [0.2, 0.25) is 11.8 Å². The van der Waals surface area contributed by atoms with Crippen molar-refractivity contribution in [3.63, 3.8) is 0 Å². The summed E-state index contributed by atoms with van der Waals surface area (Å²) < 4.78 is 4.86. The second kappa shape index (κ2) is 7.58. The number of ether oxygens (including phenoxy) is 1. The minimum absolute atomic E-state index is 0.145. The molecule has 1 aliphatic heterocycles. The van der Waals surface area contributed by atoms with Gasteiger partial charge in [0.1, 0.15) is 6.04 Å². The Morgan fingerprint density at radius 1 is 1.27 bits per heavy atom. The molecule has 1 saturated carbocycles. The van der Waals surface area contributed by atoms with Crippen LogP contribution in [0, 0.1) is 11.8 Å². The Hall–Kier alpha value is -1.63. The maximum absolute atomic E-state index is 12.3. The number of hydrogen-bond donors (Lipinski definition) is 2. The van der Waals surface area contributed by atoms with E-state index in [4.69, 9.17) is 9.84 Å². The van der Waals surface area contributed by atoms with Crippen molar-refractivity contribution in [2.75, 3.05) is 26.8 Å². The quantitative estimate of drug-likeness (QED) is 0.702. The fourth-order valence-electron chi connectivity index (χ4n) is 2.76. The van der Waals surface area contributed by atoms with Gasteiger partial charge in [-0.05, 0) is 25.7 Å².